The summed E-state index contributed by atoms with van der Waals surface area (Å²) in [5.74, 6) is 2.78. The first-order valence-electron chi connectivity index (χ1n) is 9.06. The monoisotopic (exact) mass is 318 g/mol. The first kappa shape index (κ1) is 15.1. The van der Waals surface area contributed by atoms with E-state index in [1.54, 1.807) is 0 Å². The molecule has 0 spiro atoms. The third kappa shape index (κ3) is 3.01. The predicted octanol–water partition coefficient (Wildman–Crippen LogP) is 2.00. The molecule has 3 atom stereocenters. The maximum Gasteiger partial charge on any atom is 0.239 e. The van der Waals surface area contributed by atoms with Crippen LogP contribution in [0.5, 0.6) is 0 Å². The lowest BCUT2D eigenvalue weighted by Gasteiger charge is -2.32. The van der Waals surface area contributed by atoms with Gasteiger partial charge >= 0.3 is 0 Å². The van der Waals surface area contributed by atoms with Gasteiger partial charge < -0.3 is 14.7 Å². The summed E-state index contributed by atoms with van der Waals surface area (Å²) in [5.41, 5.74) is 0. The van der Waals surface area contributed by atoms with Gasteiger partial charge in [0.1, 0.15) is 0 Å². The molecule has 1 amide bonds. The summed E-state index contributed by atoms with van der Waals surface area (Å²) in [7, 11) is 0. The van der Waals surface area contributed by atoms with Gasteiger partial charge in [-0.1, -0.05) is 18.0 Å². The van der Waals surface area contributed by atoms with Gasteiger partial charge in [-0.3, -0.25) is 4.79 Å². The lowest BCUT2D eigenvalue weighted by Crippen LogP contribution is -2.48. The van der Waals surface area contributed by atoms with E-state index in [0.29, 0.717) is 23.8 Å². The highest BCUT2D eigenvalue weighted by Gasteiger charge is 2.40. The molecule has 1 N–H and O–H groups in total. The summed E-state index contributed by atoms with van der Waals surface area (Å²) < 4.78 is 5.08. The SMILES string of the molecule is Cc1nc(C2CCN(C(=O)[C@@H]3C[C@H]4CCCC[C@H]4N3)CC2)no1. The molecule has 4 rings (SSSR count). The summed E-state index contributed by atoms with van der Waals surface area (Å²) in [6, 6.07) is 0.629. The van der Waals surface area contributed by atoms with E-state index in [9.17, 15) is 4.79 Å². The second-order valence-corrected chi connectivity index (χ2v) is 7.38. The Hall–Kier alpha value is -1.43. The molecule has 1 saturated carbocycles. The number of carbonyl (C=O) groups is 1. The van der Waals surface area contributed by atoms with Crippen molar-refractivity contribution in [1.82, 2.24) is 20.4 Å². The van der Waals surface area contributed by atoms with Crippen LogP contribution in [-0.4, -0.2) is 46.1 Å². The predicted molar refractivity (Wildman–Crippen MR) is 84.9 cm³/mol. The van der Waals surface area contributed by atoms with Crippen molar-refractivity contribution >= 4 is 5.91 Å². The second kappa shape index (κ2) is 6.23. The highest BCUT2D eigenvalue weighted by molar-refractivity contribution is 5.82. The quantitative estimate of drug-likeness (QED) is 0.903. The standard InChI is InChI=1S/C17H26N4O2/c1-11-18-16(20-23-11)12-6-8-21(9-7-12)17(22)15-10-13-4-2-3-5-14(13)19-15/h12-15,19H,2-10H2,1H3/t13-,14-,15+/m1/s1. The Morgan fingerprint density at radius 3 is 2.70 bits per heavy atom. The molecular formula is C17H26N4O2. The van der Waals surface area contributed by atoms with E-state index in [-0.39, 0.29) is 6.04 Å². The Balaban J connectivity index is 1.32. The third-order valence-electron chi connectivity index (χ3n) is 5.88. The summed E-state index contributed by atoms with van der Waals surface area (Å²) >= 11 is 0. The van der Waals surface area contributed by atoms with Crippen LogP contribution in [0.15, 0.2) is 4.52 Å². The molecule has 6 heteroatoms. The molecule has 2 aliphatic heterocycles. The number of likely N-dealkylation sites (tertiary alicyclic amines) is 1. The van der Waals surface area contributed by atoms with E-state index >= 15 is 0 Å². The van der Waals surface area contributed by atoms with Crippen molar-refractivity contribution in [3.63, 3.8) is 0 Å². The van der Waals surface area contributed by atoms with Crippen LogP contribution >= 0.6 is 0 Å². The number of hydrogen-bond donors (Lipinski definition) is 1. The molecule has 23 heavy (non-hydrogen) atoms. The minimum absolute atomic E-state index is 0.0482. The number of carbonyl (C=O) groups excluding carboxylic acids is 1. The minimum atomic E-state index is 0.0482. The number of nitrogens with zero attached hydrogens (tertiary/aromatic N) is 3. The highest BCUT2D eigenvalue weighted by Crippen LogP contribution is 2.34. The summed E-state index contributed by atoms with van der Waals surface area (Å²) in [4.78, 5) is 19.2. The Labute approximate surface area is 137 Å². The Bertz CT molecular complexity index is 551. The molecule has 0 aromatic carbocycles. The number of fused-ring (bicyclic) bond motifs is 1. The zero-order chi connectivity index (χ0) is 15.8. The van der Waals surface area contributed by atoms with Crippen LogP contribution in [0.4, 0.5) is 0 Å². The van der Waals surface area contributed by atoms with Crippen molar-refractivity contribution in [2.45, 2.75) is 69.9 Å². The number of nitrogens with one attached hydrogen (secondary N) is 1. The first-order chi connectivity index (χ1) is 11.2. The van der Waals surface area contributed by atoms with Gasteiger partial charge in [0.2, 0.25) is 11.8 Å². The summed E-state index contributed by atoms with van der Waals surface area (Å²) in [5, 5.41) is 7.64. The topological polar surface area (TPSA) is 71.3 Å². The normalized spacial score (nSPS) is 32.0. The maximum absolute atomic E-state index is 12.8. The van der Waals surface area contributed by atoms with Gasteiger partial charge in [0.25, 0.3) is 0 Å². The molecule has 1 aromatic rings. The number of rotatable bonds is 2. The van der Waals surface area contributed by atoms with Crippen LogP contribution in [0, 0.1) is 12.8 Å². The number of aromatic nitrogens is 2. The van der Waals surface area contributed by atoms with Gasteiger partial charge in [0.05, 0.1) is 6.04 Å². The lowest BCUT2D eigenvalue weighted by atomic mass is 9.85. The third-order valence-corrected chi connectivity index (χ3v) is 5.88. The van der Waals surface area contributed by atoms with Crippen LogP contribution in [0.2, 0.25) is 0 Å². The molecule has 1 aromatic heterocycles. The molecule has 3 aliphatic rings. The number of hydrogen-bond acceptors (Lipinski definition) is 5. The smallest absolute Gasteiger partial charge is 0.239 e. The maximum atomic E-state index is 12.8. The number of piperidine rings is 1. The summed E-state index contributed by atoms with van der Waals surface area (Å²) in [6.07, 6.45) is 8.08. The van der Waals surface area contributed by atoms with Gasteiger partial charge in [-0.25, -0.2) is 0 Å². The van der Waals surface area contributed by atoms with E-state index in [1.807, 2.05) is 11.8 Å². The molecule has 0 radical (unpaired) electrons. The molecule has 1 aliphatic carbocycles. The van der Waals surface area contributed by atoms with Crippen LogP contribution < -0.4 is 5.32 Å². The van der Waals surface area contributed by atoms with Crippen molar-refractivity contribution in [2.24, 2.45) is 5.92 Å². The van der Waals surface area contributed by atoms with E-state index in [1.165, 1.54) is 25.7 Å². The molecule has 2 saturated heterocycles. The van der Waals surface area contributed by atoms with Gasteiger partial charge in [-0.15, -0.1) is 0 Å². The Kier molecular flexibility index (Phi) is 4.09. The number of amides is 1. The Morgan fingerprint density at radius 1 is 1.22 bits per heavy atom. The van der Waals surface area contributed by atoms with Crippen molar-refractivity contribution in [2.75, 3.05) is 13.1 Å². The van der Waals surface area contributed by atoms with Crippen LogP contribution in [0.3, 0.4) is 0 Å². The highest BCUT2D eigenvalue weighted by atomic mass is 16.5. The first-order valence-corrected chi connectivity index (χ1v) is 9.06. The van der Waals surface area contributed by atoms with Crippen LogP contribution in [-0.2, 0) is 4.79 Å². The fourth-order valence-electron chi connectivity index (χ4n) is 4.57. The average Bonchev–Trinajstić information content (AvgIpc) is 3.20. The molecule has 3 heterocycles. The zero-order valence-electron chi connectivity index (χ0n) is 13.8. The number of aryl methyl sites for hydroxylation is 1. The summed E-state index contributed by atoms with van der Waals surface area (Å²) in [6.45, 7) is 3.44. The second-order valence-electron chi connectivity index (χ2n) is 7.38. The minimum Gasteiger partial charge on any atom is -0.341 e. The zero-order valence-corrected chi connectivity index (χ0v) is 13.8. The van der Waals surface area contributed by atoms with Crippen LogP contribution in [0.1, 0.15) is 62.6 Å². The molecule has 3 fully saturated rings. The van der Waals surface area contributed by atoms with Gasteiger partial charge in [0.15, 0.2) is 5.82 Å². The molecule has 6 nitrogen and oxygen atoms in total. The van der Waals surface area contributed by atoms with Gasteiger partial charge in [0, 0.05) is 32.0 Å². The van der Waals surface area contributed by atoms with Crippen molar-refractivity contribution in [1.29, 1.82) is 0 Å². The molecule has 0 unspecified atom stereocenters. The van der Waals surface area contributed by atoms with E-state index < -0.39 is 0 Å². The van der Waals surface area contributed by atoms with Gasteiger partial charge in [-0.05, 0) is 38.0 Å². The van der Waals surface area contributed by atoms with E-state index in [0.717, 1.165) is 44.1 Å². The molecule has 126 valence electrons. The van der Waals surface area contributed by atoms with Crippen molar-refractivity contribution in [3.05, 3.63) is 11.7 Å². The van der Waals surface area contributed by atoms with Gasteiger partial charge in [-0.2, -0.15) is 4.98 Å². The fourth-order valence-corrected chi connectivity index (χ4v) is 4.57. The van der Waals surface area contributed by atoms with E-state index in [4.69, 9.17) is 4.52 Å². The molecule has 0 bridgehead atoms. The fraction of sp³-hybridized carbons (Fsp3) is 0.824. The lowest BCUT2D eigenvalue weighted by molar-refractivity contribution is -0.134. The van der Waals surface area contributed by atoms with Crippen LogP contribution in [0.25, 0.3) is 0 Å². The molecular weight excluding hydrogens is 292 g/mol. The Morgan fingerprint density at radius 2 is 2.00 bits per heavy atom. The van der Waals surface area contributed by atoms with Crippen molar-refractivity contribution in [3.8, 4) is 0 Å². The van der Waals surface area contributed by atoms with E-state index in [2.05, 4.69) is 15.5 Å². The largest absolute Gasteiger partial charge is 0.341 e. The average molecular weight is 318 g/mol. The van der Waals surface area contributed by atoms with Crippen molar-refractivity contribution < 1.29 is 9.32 Å².